The van der Waals surface area contributed by atoms with Gasteiger partial charge in [0.25, 0.3) is 0 Å². The Balaban J connectivity index is 2.43. The second-order valence-electron chi connectivity index (χ2n) is 4.33. The summed E-state index contributed by atoms with van der Waals surface area (Å²) in [5.41, 5.74) is -1.23. The first-order valence-corrected chi connectivity index (χ1v) is 7.07. The van der Waals surface area contributed by atoms with Crippen molar-refractivity contribution >= 4 is 17.3 Å². The van der Waals surface area contributed by atoms with Gasteiger partial charge in [0.15, 0.2) is 0 Å². The van der Waals surface area contributed by atoms with E-state index in [2.05, 4.69) is 5.10 Å². The number of halogens is 3. The quantitative estimate of drug-likeness (QED) is 0.800. The Morgan fingerprint density at radius 2 is 2.14 bits per heavy atom. The Hall–Kier alpha value is -2.10. The van der Waals surface area contributed by atoms with Crippen molar-refractivity contribution in [3.63, 3.8) is 0 Å². The maximum absolute atomic E-state index is 13.0. The van der Waals surface area contributed by atoms with Gasteiger partial charge in [-0.1, -0.05) is 11.3 Å². The fourth-order valence-corrected chi connectivity index (χ4v) is 2.71. The van der Waals surface area contributed by atoms with Gasteiger partial charge < -0.3 is 4.74 Å². The second-order valence-corrected chi connectivity index (χ2v) is 5.15. The molecule has 120 valence electrons. The molecule has 0 saturated heterocycles. The standard InChI is InChI=1S/C12H12F3N3O3S/c1-3-21-10(19)8-6-22-11(20)18(8)5-7-4-16-17(2)9(7)12(13,14)15/h4,6H,3,5H2,1-2H3. The van der Waals surface area contributed by atoms with E-state index in [9.17, 15) is 22.8 Å². The molecular weight excluding hydrogens is 323 g/mol. The summed E-state index contributed by atoms with van der Waals surface area (Å²) in [5, 5.41) is 4.84. The molecule has 0 bridgehead atoms. The van der Waals surface area contributed by atoms with E-state index >= 15 is 0 Å². The first kappa shape index (κ1) is 16.3. The molecule has 0 aliphatic carbocycles. The van der Waals surface area contributed by atoms with Gasteiger partial charge in [0.05, 0.1) is 19.3 Å². The lowest BCUT2D eigenvalue weighted by Crippen LogP contribution is -2.23. The van der Waals surface area contributed by atoms with E-state index in [-0.39, 0.29) is 17.9 Å². The summed E-state index contributed by atoms with van der Waals surface area (Å²) < 4.78 is 45.5. The van der Waals surface area contributed by atoms with E-state index < -0.39 is 29.3 Å². The fraction of sp³-hybridized carbons (Fsp3) is 0.417. The van der Waals surface area contributed by atoms with Crippen molar-refractivity contribution in [3.8, 4) is 0 Å². The molecule has 0 saturated carbocycles. The molecule has 10 heteroatoms. The van der Waals surface area contributed by atoms with Gasteiger partial charge >= 0.3 is 17.0 Å². The van der Waals surface area contributed by atoms with E-state index in [1.165, 1.54) is 5.38 Å². The largest absolute Gasteiger partial charge is 0.461 e. The Morgan fingerprint density at radius 1 is 1.45 bits per heavy atom. The maximum atomic E-state index is 13.0. The lowest BCUT2D eigenvalue weighted by molar-refractivity contribution is -0.144. The maximum Gasteiger partial charge on any atom is 0.433 e. The lowest BCUT2D eigenvalue weighted by atomic mass is 10.2. The van der Waals surface area contributed by atoms with Crippen molar-refractivity contribution in [1.82, 2.24) is 14.3 Å². The topological polar surface area (TPSA) is 66.1 Å². The smallest absolute Gasteiger partial charge is 0.433 e. The number of alkyl halides is 3. The van der Waals surface area contributed by atoms with Crippen molar-refractivity contribution in [2.45, 2.75) is 19.6 Å². The van der Waals surface area contributed by atoms with E-state index in [0.717, 1.165) is 29.1 Å². The van der Waals surface area contributed by atoms with Crippen LogP contribution in [0, 0.1) is 0 Å². The van der Waals surface area contributed by atoms with Crippen LogP contribution in [0.1, 0.15) is 28.7 Å². The zero-order valence-electron chi connectivity index (χ0n) is 11.7. The predicted molar refractivity (Wildman–Crippen MR) is 71.8 cm³/mol. The number of ether oxygens (including phenoxy) is 1. The number of esters is 1. The van der Waals surface area contributed by atoms with Crippen LogP contribution in [-0.4, -0.2) is 26.9 Å². The summed E-state index contributed by atoms with van der Waals surface area (Å²) >= 11 is 0.723. The SMILES string of the molecule is CCOC(=O)c1csc(=O)n1Cc1cnn(C)c1C(F)(F)F. The zero-order chi connectivity index (χ0) is 16.5. The highest BCUT2D eigenvalue weighted by molar-refractivity contribution is 7.07. The lowest BCUT2D eigenvalue weighted by Gasteiger charge is -2.11. The summed E-state index contributed by atoms with van der Waals surface area (Å²) in [5.74, 6) is -0.752. The Kier molecular flexibility index (Phi) is 4.40. The number of aryl methyl sites for hydroxylation is 1. The van der Waals surface area contributed by atoms with Crippen LogP contribution >= 0.6 is 11.3 Å². The van der Waals surface area contributed by atoms with E-state index in [1.807, 2.05) is 0 Å². The number of carbonyl (C=O) groups is 1. The summed E-state index contributed by atoms with van der Waals surface area (Å²) in [6.07, 6.45) is -3.58. The highest BCUT2D eigenvalue weighted by Crippen LogP contribution is 2.31. The Morgan fingerprint density at radius 3 is 2.73 bits per heavy atom. The minimum absolute atomic E-state index is 0.0752. The minimum Gasteiger partial charge on any atom is -0.461 e. The molecule has 0 aromatic carbocycles. The van der Waals surface area contributed by atoms with Crippen LogP contribution < -0.4 is 4.87 Å². The van der Waals surface area contributed by atoms with Gasteiger partial charge in [0.1, 0.15) is 11.4 Å². The molecule has 2 rings (SSSR count). The van der Waals surface area contributed by atoms with Gasteiger partial charge in [-0.15, -0.1) is 0 Å². The van der Waals surface area contributed by atoms with Crippen molar-refractivity contribution < 1.29 is 22.7 Å². The van der Waals surface area contributed by atoms with E-state index in [4.69, 9.17) is 4.74 Å². The molecule has 0 aliphatic heterocycles. The molecule has 0 aliphatic rings. The molecule has 2 heterocycles. The van der Waals surface area contributed by atoms with Gasteiger partial charge in [-0.05, 0) is 6.92 Å². The van der Waals surface area contributed by atoms with Crippen LogP contribution in [0.5, 0.6) is 0 Å². The molecule has 0 spiro atoms. The third-order valence-corrected chi connectivity index (χ3v) is 3.64. The van der Waals surface area contributed by atoms with Crippen LogP contribution in [0.25, 0.3) is 0 Å². The van der Waals surface area contributed by atoms with Gasteiger partial charge in [0.2, 0.25) is 0 Å². The average Bonchev–Trinajstić information content (AvgIpc) is 2.94. The number of hydrogen-bond acceptors (Lipinski definition) is 5. The van der Waals surface area contributed by atoms with Crippen LogP contribution in [0.3, 0.4) is 0 Å². The molecule has 0 amide bonds. The number of nitrogens with zero attached hydrogens (tertiary/aromatic N) is 3. The molecule has 0 fully saturated rings. The molecule has 0 atom stereocenters. The minimum atomic E-state index is -4.61. The summed E-state index contributed by atoms with van der Waals surface area (Å²) in [6.45, 7) is 1.29. The van der Waals surface area contributed by atoms with Gasteiger partial charge in [0, 0.05) is 18.0 Å². The summed E-state index contributed by atoms with van der Waals surface area (Å²) in [4.78, 5) is 23.0. The predicted octanol–water partition coefficient (Wildman–Crippen LogP) is 1.89. The van der Waals surface area contributed by atoms with E-state index in [0.29, 0.717) is 4.68 Å². The molecule has 0 radical (unpaired) electrons. The molecule has 2 aromatic heterocycles. The van der Waals surface area contributed by atoms with Crippen LogP contribution in [0.4, 0.5) is 13.2 Å². The zero-order valence-corrected chi connectivity index (χ0v) is 12.5. The van der Waals surface area contributed by atoms with Crippen LogP contribution in [0.15, 0.2) is 16.4 Å². The molecule has 2 aromatic rings. The average molecular weight is 335 g/mol. The number of thiazole rings is 1. The van der Waals surface area contributed by atoms with Crippen LogP contribution in [-0.2, 0) is 24.5 Å². The normalized spacial score (nSPS) is 11.7. The van der Waals surface area contributed by atoms with E-state index in [1.54, 1.807) is 6.92 Å². The van der Waals surface area contributed by atoms with Gasteiger partial charge in [-0.3, -0.25) is 14.0 Å². The Bertz CT molecular complexity index is 745. The second kappa shape index (κ2) is 5.95. The monoisotopic (exact) mass is 335 g/mol. The molecule has 22 heavy (non-hydrogen) atoms. The fourth-order valence-electron chi connectivity index (χ4n) is 1.98. The first-order valence-electron chi connectivity index (χ1n) is 6.19. The highest BCUT2D eigenvalue weighted by atomic mass is 32.1. The Labute approximate surface area is 126 Å². The number of rotatable bonds is 4. The van der Waals surface area contributed by atoms with Gasteiger partial charge in [-0.2, -0.15) is 18.3 Å². The molecule has 6 nitrogen and oxygen atoms in total. The number of carbonyl (C=O) groups excluding carboxylic acids is 1. The number of hydrogen-bond donors (Lipinski definition) is 0. The molecule has 0 unspecified atom stereocenters. The van der Waals surface area contributed by atoms with Gasteiger partial charge in [-0.25, -0.2) is 4.79 Å². The van der Waals surface area contributed by atoms with Crippen LogP contribution in [0.2, 0.25) is 0 Å². The third kappa shape index (κ3) is 3.06. The molecular formula is C12H12F3N3O3S. The van der Waals surface area contributed by atoms with Crippen molar-refractivity contribution in [2.24, 2.45) is 7.05 Å². The first-order chi connectivity index (χ1) is 10.3. The summed E-state index contributed by atoms with van der Waals surface area (Å²) in [7, 11) is 1.16. The number of aromatic nitrogens is 3. The van der Waals surface area contributed by atoms with Crippen molar-refractivity contribution in [3.05, 3.63) is 38.2 Å². The highest BCUT2D eigenvalue weighted by Gasteiger charge is 2.37. The van der Waals surface area contributed by atoms with Crippen molar-refractivity contribution in [1.29, 1.82) is 0 Å². The third-order valence-electron chi connectivity index (χ3n) is 2.88. The molecule has 0 N–H and O–H groups in total. The van der Waals surface area contributed by atoms with Crippen molar-refractivity contribution in [2.75, 3.05) is 6.61 Å². The summed E-state index contributed by atoms with van der Waals surface area (Å²) in [6, 6.07) is 0.